The van der Waals surface area contributed by atoms with Crippen LogP contribution in [0.2, 0.25) is 0 Å². The summed E-state index contributed by atoms with van der Waals surface area (Å²) >= 11 is 0. The summed E-state index contributed by atoms with van der Waals surface area (Å²) in [6, 6.07) is 14.7. The minimum atomic E-state index is -0.563. The summed E-state index contributed by atoms with van der Waals surface area (Å²) in [4.78, 5) is 26.9. The average molecular weight is 352 g/mol. The highest BCUT2D eigenvalue weighted by molar-refractivity contribution is 6.00. The first-order valence-corrected chi connectivity index (χ1v) is 8.90. The van der Waals surface area contributed by atoms with Gasteiger partial charge in [-0.15, -0.1) is 0 Å². The lowest BCUT2D eigenvalue weighted by molar-refractivity contribution is -0.126. The van der Waals surface area contributed by atoms with Crippen molar-refractivity contribution in [3.05, 3.63) is 59.7 Å². The van der Waals surface area contributed by atoms with Crippen LogP contribution in [0.5, 0.6) is 5.75 Å². The van der Waals surface area contributed by atoms with E-state index in [9.17, 15) is 9.59 Å². The van der Waals surface area contributed by atoms with Crippen LogP contribution >= 0.6 is 0 Å². The van der Waals surface area contributed by atoms with Crippen molar-refractivity contribution in [2.45, 2.75) is 32.2 Å². The molecule has 0 saturated heterocycles. The Labute approximate surface area is 154 Å². The van der Waals surface area contributed by atoms with Gasteiger partial charge >= 0.3 is 0 Å². The number of nitrogens with one attached hydrogen (secondary N) is 1. The predicted molar refractivity (Wildman–Crippen MR) is 101 cm³/mol. The molecule has 136 valence electrons. The SMILES string of the molecule is COc1ccc(CC(=O)NC(C)C(=O)N2CCCc3ccccc32)cc1. The first-order chi connectivity index (χ1) is 12.6. The maximum atomic E-state index is 12.8. The molecule has 1 aliphatic heterocycles. The summed E-state index contributed by atoms with van der Waals surface area (Å²) in [5, 5.41) is 2.82. The summed E-state index contributed by atoms with van der Waals surface area (Å²) in [6.07, 6.45) is 2.16. The molecule has 1 heterocycles. The number of para-hydroxylation sites is 1. The van der Waals surface area contributed by atoms with Crippen molar-refractivity contribution >= 4 is 17.5 Å². The van der Waals surface area contributed by atoms with Gasteiger partial charge in [-0.3, -0.25) is 9.59 Å². The van der Waals surface area contributed by atoms with Crippen molar-refractivity contribution < 1.29 is 14.3 Å². The Kier molecular flexibility index (Phi) is 5.56. The Balaban J connectivity index is 1.61. The van der Waals surface area contributed by atoms with Crippen molar-refractivity contribution in [3.63, 3.8) is 0 Å². The highest BCUT2D eigenvalue weighted by Gasteiger charge is 2.26. The van der Waals surface area contributed by atoms with Gasteiger partial charge in [-0.2, -0.15) is 0 Å². The van der Waals surface area contributed by atoms with E-state index in [1.807, 2.05) is 42.5 Å². The molecule has 5 heteroatoms. The number of fused-ring (bicyclic) bond motifs is 1. The fourth-order valence-electron chi connectivity index (χ4n) is 3.28. The van der Waals surface area contributed by atoms with Gasteiger partial charge < -0.3 is 15.0 Å². The molecule has 26 heavy (non-hydrogen) atoms. The van der Waals surface area contributed by atoms with Gasteiger partial charge in [-0.05, 0) is 49.1 Å². The number of carbonyl (C=O) groups is 2. The number of ether oxygens (including phenoxy) is 1. The van der Waals surface area contributed by atoms with Gasteiger partial charge in [0.25, 0.3) is 0 Å². The molecule has 2 amide bonds. The topological polar surface area (TPSA) is 58.6 Å². The minimum Gasteiger partial charge on any atom is -0.497 e. The van der Waals surface area contributed by atoms with E-state index in [0.29, 0.717) is 6.54 Å². The van der Waals surface area contributed by atoms with Crippen LogP contribution in [0.4, 0.5) is 5.69 Å². The van der Waals surface area contributed by atoms with E-state index >= 15 is 0 Å². The molecule has 1 unspecified atom stereocenters. The highest BCUT2D eigenvalue weighted by Crippen LogP contribution is 2.27. The predicted octanol–water partition coefficient (Wildman–Crippen LogP) is 2.72. The van der Waals surface area contributed by atoms with Crippen LogP contribution in [0.3, 0.4) is 0 Å². The summed E-state index contributed by atoms with van der Waals surface area (Å²) in [5.41, 5.74) is 3.02. The van der Waals surface area contributed by atoms with E-state index in [4.69, 9.17) is 4.74 Å². The van der Waals surface area contributed by atoms with Crippen LogP contribution in [0, 0.1) is 0 Å². The molecule has 0 aromatic heterocycles. The fraction of sp³-hybridized carbons (Fsp3) is 0.333. The average Bonchev–Trinajstić information content (AvgIpc) is 2.67. The van der Waals surface area contributed by atoms with Gasteiger partial charge in [0.1, 0.15) is 11.8 Å². The molecule has 1 N–H and O–H groups in total. The van der Waals surface area contributed by atoms with Crippen molar-refractivity contribution in [2.75, 3.05) is 18.6 Å². The monoisotopic (exact) mass is 352 g/mol. The van der Waals surface area contributed by atoms with Gasteiger partial charge in [0.15, 0.2) is 0 Å². The molecule has 3 rings (SSSR count). The number of rotatable bonds is 5. The molecule has 0 fully saturated rings. The Morgan fingerprint density at radius 2 is 1.88 bits per heavy atom. The maximum Gasteiger partial charge on any atom is 0.249 e. The second-order valence-electron chi connectivity index (χ2n) is 6.54. The zero-order chi connectivity index (χ0) is 18.5. The van der Waals surface area contributed by atoms with E-state index in [2.05, 4.69) is 11.4 Å². The van der Waals surface area contributed by atoms with Crippen molar-refractivity contribution in [1.29, 1.82) is 0 Å². The summed E-state index contributed by atoms with van der Waals surface area (Å²) in [5.74, 6) is 0.517. The quantitative estimate of drug-likeness (QED) is 0.900. The number of aryl methyl sites for hydroxylation is 1. The largest absolute Gasteiger partial charge is 0.497 e. The Morgan fingerprint density at radius 1 is 1.15 bits per heavy atom. The third kappa shape index (κ3) is 4.04. The number of carbonyl (C=O) groups excluding carboxylic acids is 2. The van der Waals surface area contributed by atoms with Crippen molar-refractivity contribution in [3.8, 4) is 5.75 Å². The highest BCUT2D eigenvalue weighted by atomic mass is 16.5. The van der Waals surface area contributed by atoms with Crippen LogP contribution in [0.15, 0.2) is 48.5 Å². The third-order valence-corrected chi connectivity index (χ3v) is 4.65. The molecule has 0 aliphatic carbocycles. The van der Waals surface area contributed by atoms with Gasteiger partial charge in [-0.25, -0.2) is 0 Å². The fourth-order valence-corrected chi connectivity index (χ4v) is 3.28. The van der Waals surface area contributed by atoms with Gasteiger partial charge in [0.2, 0.25) is 11.8 Å². The smallest absolute Gasteiger partial charge is 0.249 e. The standard InChI is InChI=1S/C21H24N2O3/c1-15(22-20(24)14-16-9-11-18(26-2)12-10-16)21(25)23-13-5-7-17-6-3-4-8-19(17)23/h3-4,6,8-12,15H,5,7,13-14H2,1-2H3,(H,22,24). The zero-order valence-corrected chi connectivity index (χ0v) is 15.2. The summed E-state index contributed by atoms with van der Waals surface area (Å²) < 4.78 is 5.12. The van der Waals surface area contributed by atoms with Crippen LogP contribution in [-0.4, -0.2) is 31.5 Å². The van der Waals surface area contributed by atoms with Gasteiger partial charge in [0.05, 0.1) is 13.5 Å². The van der Waals surface area contributed by atoms with E-state index in [-0.39, 0.29) is 18.2 Å². The lowest BCUT2D eigenvalue weighted by atomic mass is 10.0. The number of hydrogen-bond donors (Lipinski definition) is 1. The molecule has 2 aromatic carbocycles. The lowest BCUT2D eigenvalue weighted by Gasteiger charge is -2.31. The number of methoxy groups -OCH3 is 1. The van der Waals surface area contributed by atoms with E-state index < -0.39 is 6.04 Å². The molecule has 1 atom stereocenters. The molecule has 0 bridgehead atoms. The maximum absolute atomic E-state index is 12.8. The number of hydrogen-bond acceptors (Lipinski definition) is 3. The molecule has 1 aliphatic rings. The van der Waals surface area contributed by atoms with Crippen LogP contribution in [0.1, 0.15) is 24.5 Å². The molecule has 5 nitrogen and oxygen atoms in total. The Hall–Kier alpha value is -2.82. The van der Waals surface area contributed by atoms with Crippen molar-refractivity contribution in [1.82, 2.24) is 5.32 Å². The molecule has 0 spiro atoms. The van der Waals surface area contributed by atoms with E-state index in [0.717, 1.165) is 29.8 Å². The van der Waals surface area contributed by atoms with Gasteiger partial charge in [0, 0.05) is 12.2 Å². The van der Waals surface area contributed by atoms with Crippen LogP contribution < -0.4 is 15.0 Å². The Morgan fingerprint density at radius 3 is 2.62 bits per heavy atom. The Bertz CT molecular complexity index is 786. The lowest BCUT2D eigenvalue weighted by Crippen LogP contribution is -2.49. The number of amides is 2. The second-order valence-corrected chi connectivity index (χ2v) is 6.54. The number of nitrogens with zero attached hydrogens (tertiary/aromatic N) is 1. The normalized spacial score (nSPS) is 14.3. The first-order valence-electron chi connectivity index (χ1n) is 8.90. The summed E-state index contributed by atoms with van der Waals surface area (Å²) in [7, 11) is 1.60. The molecule has 0 saturated carbocycles. The van der Waals surface area contributed by atoms with Crippen LogP contribution in [0.25, 0.3) is 0 Å². The minimum absolute atomic E-state index is 0.0692. The van der Waals surface area contributed by atoms with E-state index in [1.165, 1.54) is 5.56 Å². The van der Waals surface area contributed by atoms with Gasteiger partial charge in [-0.1, -0.05) is 30.3 Å². The first kappa shape index (κ1) is 18.0. The van der Waals surface area contributed by atoms with E-state index in [1.54, 1.807) is 18.9 Å². The molecule has 0 radical (unpaired) electrons. The third-order valence-electron chi connectivity index (χ3n) is 4.65. The molecular weight excluding hydrogens is 328 g/mol. The zero-order valence-electron chi connectivity index (χ0n) is 15.2. The number of anilines is 1. The van der Waals surface area contributed by atoms with Crippen LogP contribution in [-0.2, 0) is 22.4 Å². The number of benzene rings is 2. The summed E-state index contributed by atoms with van der Waals surface area (Å²) in [6.45, 7) is 2.43. The van der Waals surface area contributed by atoms with Crippen molar-refractivity contribution in [2.24, 2.45) is 0 Å². The molecule has 2 aromatic rings. The molecular formula is C21H24N2O3. The second kappa shape index (κ2) is 8.04.